The first-order chi connectivity index (χ1) is 8.67. The molecule has 1 rings (SSSR count). The summed E-state index contributed by atoms with van der Waals surface area (Å²) in [5.74, 6) is 0.289. The topological polar surface area (TPSA) is 52.6 Å². The van der Waals surface area contributed by atoms with E-state index in [-0.39, 0.29) is 17.9 Å². The van der Waals surface area contributed by atoms with Crippen molar-refractivity contribution in [1.82, 2.24) is 0 Å². The van der Waals surface area contributed by atoms with Gasteiger partial charge in [-0.3, -0.25) is 9.59 Å². The van der Waals surface area contributed by atoms with Crippen molar-refractivity contribution < 1.29 is 19.1 Å². The van der Waals surface area contributed by atoms with Gasteiger partial charge in [0.05, 0.1) is 19.1 Å². The molecule has 1 fully saturated rings. The predicted molar refractivity (Wildman–Crippen MR) is 67.9 cm³/mol. The number of hydrogen-bond acceptors (Lipinski definition) is 4. The fraction of sp³-hybridized carbons (Fsp3) is 0.857. The SMILES string of the molecule is CCOC(=O)CC[C@H]1CCC[C@H](C(=O)OCC)C1. The number of ether oxygens (including phenoxy) is 2. The Balaban J connectivity index is 2.30. The fourth-order valence-corrected chi connectivity index (χ4v) is 2.58. The van der Waals surface area contributed by atoms with Crippen molar-refractivity contribution in [3.63, 3.8) is 0 Å². The van der Waals surface area contributed by atoms with E-state index in [1.807, 2.05) is 13.8 Å². The third-order valence-corrected chi connectivity index (χ3v) is 3.46. The zero-order valence-electron chi connectivity index (χ0n) is 11.4. The molecule has 0 N–H and O–H groups in total. The Labute approximate surface area is 109 Å². The third kappa shape index (κ3) is 5.07. The monoisotopic (exact) mass is 256 g/mol. The van der Waals surface area contributed by atoms with Gasteiger partial charge in [0.15, 0.2) is 0 Å². The van der Waals surface area contributed by atoms with Crippen molar-refractivity contribution in [2.24, 2.45) is 11.8 Å². The maximum Gasteiger partial charge on any atom is 0.308 e. The number of carbonyl (C=O) groups is 2. The molecule has 4 heteroatoms. The number of rotatable bonds is 6. The summed E-state index contributed by atoms with van der Waals surface area (Å²) < 4.78 is 9.98. The van der Waals surface area contributed by atoms with Gasteiger partial charge in [-0.25, -0.2) is 0 Å². The lowest BCUT2D eigenvalue weighted by Crippen LogP contribution is -2.25. The van der Waals surface area contributed by atoms with Gasteiger partial charge < -0.3 is 9.47 Å². The Morgan fingerprint density at radius 2 is 1.83 bits per heavy atom. The van der Waals surface area contributed by atoms with Gasteiger partial charge in [-0.1, -0.05) is 12.8 Å². The van der Waals surface area contributed by atoms with Crippen LogP contribution in [0.5, 0.6) is 0 Å². The van der Waals surface area contributed by atoms with Gasteiger partial charge in [0.2, 0.25) is 0 Å². The van der Waals surface area contributed by atoms with Gasteiger partial charge in [0.1, 0.15) is 0 Å². The van der Waals surface area contributed by atoms with E-state index >= 15 is 0 Å². The molecule has 1 aliphatic rings. The highest BCUT2D eigenvalue weighted by molar-refractivity contribution is 5.72. The average Bonchev–Trinajstić information content (AvgIpc) is 2.37. The van der Waals surface area contributed by atoms with E-state index in [0.29, 0.717) is 25.6 Å². The molecular weight excluding hydrogens is 232 g/mol. The van der Waals surface area contributed by atoms with Crippen LogP contribution in [0.4, 0.5) is 0 Å². The molecule has 1 saturated carbocycles. The lowest BCUT2D eigenvalue weighted by Gasteiger charge is -2.27. The largest absolute Gasteiger partial charge is 0.466 e. The van der Waals surface area contributed by atoms with Crippen molar-refractivity contribution in [1.29, 1.82) is 0 Å². The van der Waals surface area contributed by atoms with Gasteiger partial charge >= 0.3 is 11.9 Å². The highest BCUT2D eigenvalue weighted by Gasteiger charge is 2.28. The first kappa shape index (κ1) is 15.0. The maximum absolute atomic E-state index is 11.7. The van der Waals surface area contributed by atoms with Gasteiger partial charge in [0, 0.05) is 6.42 Å². The molecule has 0 amide bonds. The van der Waals surface area contributed by atoms with Gasteiger partial charge in [-0.2, -0.15) is 0 Å². The van der Waals surface area contributed by atoms with Crippen molar-refractivity contribution in [2.45, 2.75) is 52.4 Å². The van der Waals surface area contributed by atoms with Crippen LogP contribution in [0.1, 0.15) is 52.4 Å². The van der Waals surface area contributed by atoms with Crippen molar-refractivity contribution in [2.75, 3.05) is 13.2 Å². The molecule has 0 aromatic rings. The minimum atomic E-state index is -0.129. The van der Waals surface area contributed by atoms with E-state index in [9.17, 15) is 9.59 Å². The third-order valence-electron chi connectivity index (χ3n) is 3.46. The molecule has 0 unspecified atom stereocenters. The van der Waals surface area contributed by atoms with Crippen molar-refractivity contribution >= 4 is 11.9 Å². The summed E-state index contributed by atoms with van der Waals surface area (Å²) in [5, 5.41) is 0. The Kier molecular flexibility index (Phi) is 6.76. The van der Waals surface area contributed by atoms with E-state index in [1.165, 1.54) is 0 Å². The second-order valence-corrected chi connectivity index (χ2v) is 4.83. The van der Waals surface area contributed by atoms with Crippen LogP contribution in [0.2, 0.25) is 0 Å². The number of carbonyl (C=O) groups excluding carboxylic acids is 2. The molecule has 2 atom stereocenters. The zero-order chi connectivity index (χ0) is 13.4. The summed E-state index contributed by atoms with van der Waals surface area (Å²) in [6.07, 6.45) is 5.24. The van der Waals surface area contributed by atoms with E-state index in [0.717, 1.165) is 32.1 Å². The van der Waals surface area contributed by atoms with Crippen LogP contribution < -0.4 is 0 Å². The summed E-state index contributed by atoms with van der Waals surface area (Å²) in [6, 6.07) is 0. The Morgan fingerprint density at radius 3 is 2.50 bits per heavy atom. The minimum Gasteiger partial charge on any atom is -0.466 e. The Hall–Kier alpha value is -1.06. The number of hydrogen-bond donors (Lipinski definition) is 0. The predicted octanol–water partition coefficient (Wildman–Crippen LogP) is 2.70. The average molecular weight is 256 g/mol. The smallest absolute Gasteiger partial charge is 0.308 e. The van der Waals surface area contributed by atoms with Crippen LogP contribution in [0, 0.1) is 11.8 Å². The van der Waals surface area contributed by atoms with Crippen LogP contribution in [-0.2, 0) is 19.1 Å². The Morgan fingerprint density at radius 1 is 1.11 bits per heavy atom. The summed E-state index contributed by atoms with van der Waals surface area (Å²) in [4.78, 5) is 23.0. The maximum atomic E-state index is 11.7. The molecule has 0 bridgehead atoms. The summed E-state index contributed by atoms with van der Waals surface area (Å²) >= 11 is 0. The zero-order valence-corrected chi connectivity index (χ0v) is 11.4. The van der Waals surface area contributed by atoms with E-state index in [1.54, 1.807) is 0 Å². The second kappa shape index (κ2) is 8.11. The van der Waals surface area contributed by atoms with Crippen LogP contribution >= 0.6 is 0 Å². The quantitative estimate of drug-likeness (QED) is 0.686. The fourth-order valence-electron chi connectivity index (χ4n) is 2.58. The van der Waals surface area contributed by atoms with Crippen LogP contribution in [0.25, 0.3) is 0 Å². The van der Waals surface area contributed by atoms with Gasteiger partial charge in [-0.15, -0.1) is 0 Å². The van der Waals surface area contributed by atoms with Crippen LogP contribution in [-0.4, -0.2) is 25.2 Å². The highest BCUT2D eigenvalue weighted by Crippen LogP contribution is 2.32. The molecule has 18 heavy (non-hydrogen) atoms. The molecule has 0 heterocycles. The summed E-state index contributed by atoms with van der Waals surface area (Å²) in [7, 11) is 0. The van der Waals surface area contributed by atoms with E-state index in [4.69, 9.17) is 9.47 Å². The van der Waals surface area contributed by atoms with Gasteiger partial charge in [-0.05, 0) is 39.0 Å². The van der Waals surface area contributed by atoms with Crippen molar-refractivity contribution in [3.05, 3.63) is 0 Å². The molecule has 0 radical (unpaired) electrons. The molecule has 0 spiro atoms. The molecule has 0 saturated heterocycles. The normalized spacial score (nSPS) is 23.4. The Bertz CT molecular complexity index is 275. The number of esters is 2. The van der Waals surface area contributed by atoms with E-state index in [2.05, 4.69) is 0 Å². The molecular formula is C14H24O4. The first-order valence-corrected chi connectivity index (χ1v) is 6.99. The molecule has 4 nitrogen and oxygen atoms in total. The molecule has 104 valence electrons. The summed E-state index contributed by atoms with van der Waals surface area (Å²) in [6.45, 7) is 4.53. The molecule has 0 aliphatic heterocycles. The second-order valence-electron chi connectivity index (χ2n) is 4.83. The lowest BCUT2D eigenvalue weighted by molar-refractivity contribution is -0.149. The lowest BCUT2D eigenvalue weighted by atomic mass is 9.79. The molecule has 1 aliphatic carbocycles. The minimum absolute atomic E-state index is 0.0332. The first-order valence-electron chi connectivity index (χ1n) is 6.99. The summed E-state index contributed by atoms with van der Waals surface area (Å²) in [5.41, 5.74) is 0. The standard InChI is InChI=1S/C14H24O4/c1-3-17-13(15)9-8-11-6-5-7-12(10-11)14(16)18-4-2/h11-12H,3-10H2,1-2H3/t11-,12+/m1/s1. The van der Waals surface area contributed by atoms with Crippen LogP contribution in [0.3, 0.4) is 0 Å². The van der Waals surface area contributed by atoms with E-state index < -0.39 is 0 Å². The van der Waals surface area contributed by atoms with Crippen molar-refractivity contribution in [3.8, 4) is 0 Å². The molecule has 0 aromatic heterocycles. The van der Waals surface area contributed by atoms with Crippen LogP contribution in [0.15, 0.2) is 0 Å². The van der Waals surface area contributed by atoms with Gasteiger partial charge in [0.25, 0.3) is 0 Å². The molecule has 0 aromatic carbocycles. The highest BCUT2D eigenvalue weighted by atomic mass is 16.5.